The van der Waals surface area contributed by atoms with Gasteiger partial charge in [-0.2, -0.15) is 16.8 Å². The lowest BCUT2D eigenvalue weighted by atomic mass is 10.1. The SMILES string of the molecule is CCCCCCCCC=C(OS(=O)(=O)c1ccc(C)cc1)OS(=O)(=O)c1ccc(C)cc1. The molecule has 2 aromatic carbocycles. The van der Waals surface area contributed by atoms with Crippen LogP contribution in [0.1, 0.15) is 63.0 Å². The summed E-state index contributed by atoms with van der Waals surface area (Å²) < 4.78 is 61.0. The summed E-state index contributed by atoms with van der Waals surface area (Å²) in [5.74, 6) is -0.556. The van der Waals surface area contributed by atoms with E-state index in [-0.39, 0.29) is 9.79 Å². The molecule has 0 N–H and O–H groups in total. The van der Waals surface area contributed by atoms with Gasteiger partial charge in [-0.05, 0) is 57.0 Å². The molecule has 0 bridgehead atoms. The van der Waals surface area contributed by atoms with Crippen molar-refractivity contribution in [1.82, 2.24) is 0 Å². The smallest absolute Gasteiger partial charge is 0.341 e. The second-order valence-corrected chi connectivity index (χ2v) is 10.9. The number of hydrogen-bond acceptors (Lipinski definition) is 6. The molecule has 2 aromatic rings. The zero-order chi connectivity index (χ0) is 23.6. The van der Waals surface area contributed by atoms with Crippen LogP contribution in [0.25, 0.3) is 0 Å². The molecule has 0 aliphatic carbocycles. The molecule has 0 unspecified atom stereocenters. The molecule has 0 atom stereocenters. The quantitative estimate of drug-likeness (QED) is 0.198. The summed E-state index contributed by atoms with van der Waals surface area (Å²) in [5.41, 5.74) is 1.78. The van der Waals surface area contributed by atoms with E-state index >= 15 is 0 Å². The van der Waals surface area contributed by atoms with Gasteiger partial charge in [-0.3, -0.25) is 0 Å². The lowest BCUT2D eigenvalue weighted by molar-refractivity contribution is 0.233. The van der Waals surface area contributed by atoms with E-state index in [0.29, 0.717) is 6.42 Å². The Labute approximate surface area is 192 Å². The Morgan fingerprint density at radius 3 is 1.53 bits per heavy atom. The normalized spacial score (nSPS) is 11.7. The van der Waals surface area contributed by atoms with E-state index in [9.17, 15) is 16.8 Å². The first-order valence-electron chi connectivity index (χ1n) is 10.9. The van der Waals surface area contributed by atoms with E-state index in [2.05, 4.69) is 6.92 Å². The Bertz CT molecular complexity index is 1000. The molecule has 0 spiro atoms. The maximum atomic E-state index is 12.7. The number of benzene rings is 2. The van der Waals surface area contributed by atoms with Gasteiger partial charge in [0.25, 0.3) is 0 Å². The number of aryl methyl sites for hydroxylation is 2. The number of rotatable bonds is 13. The molecule has 0 aromatic heterocycles. The van der Waals surface area contributed by atoms with E-state index in [4.69, 9.17) is 8.37 Å². The molecule has 0 radical (unpaired) electrons. The van der Waals surface area contributed by atoms with Crippen LogP contribution in [0.4, 0.5) is 0 Å². The molecule has 176 valence electrons. The molecular weight excluding hydrogens is 448 g/mol. The van der Waals surface area contributed by atoms with Gasteiger partial charge in [0.05, 0.1) is 0 Å². The number of allylic oxidation sites excluding steroid dienone is 1. The molecule has 0 saturated heterocycles. The molecular formula is C24H32O6S2. The summed E-state index contributed by atoms with van der Waals surface area (Å²) in [6.45, 7) is 5.81. The highest BCUT2D eigenvalue weighted by molar-refractivity contribution is 7.87. The highest BCUT2D eigenvalue weighted by atomic mass is 32.2. The Kier molecular flexibility index (Phi) is 9.78. The van der Waals surface area contributed by atoms with Crippen molar-refractivity contribution < 1.29 is 25.2 Å². The minimum Gasteiger partial charge on any atom is -0.342 e. The van der Waals surface area contributed by atoms with Gasteiger partial charge in [0.15, 0.2) is 0 Å². The summed E-state index contributed by atoms with van der Waals surface area (Å²) in [7, 11) is -8.50. The van der Waals surface area contributed by atoms with Crippen LogP contribution in [0.15, 0.2) is 70.3 Å². The van der Waals surface area contributed by atoms with Crippen LogP contribution in [0.3, 0.4) is 0 Å². The standard InChI is InChI=1S/C24H32O6S2/c1-4-5-6-7-8-9-10-11-24(29-31(25,26)22-16-12-20(2)13-17-22)30-32(27,28)23-18-14-21(3)15-19-23/h11-19H,4-10H2,1-3H3. The average molecular weight is 481 g/mol. The van der Waals surface area contributed by atoms with Gasteiger partial charge in [-0.25, -0.2) is 0 Å². The fourth-order valence-electron chi connectivity index (χ4n) is 2.95. The van der Waals surface area contributed by atoms with Crippen molar-refractivity contribution in [3.05, 3.63) is 71.7 Å². The second kappa shape index (κ2) is 12.1. The van der Waals surface area contributed by atoms with E-state index in [1.54, 1.807) is 24.3 Å². The Morgan fingerprint density at radius 2 is 1.09 bits per heavy atom. The fourth-order valence-corrected chi connectivity index (χ4v) is 4.76. The predicted octanol–water partition coefficient (Wildman–Crippen LogP) is 6.01. The second-order valence-electron chi connectivity index (χ2n) is 7.78. The molecule has 0 amide bonds. The summed E-state index contributed by atoms with van der Waals surface area (Å²) in [5, 5.41) is 0. The predicted molar refractivity (Wildman–Crippen MR) is 125 cm³/mol. The maximum absolute atomic E-state index is 12.7. The van der Waals surface area contributed by atoms with E-state index in [1.165, 1.54) is 36.8 Å². The van der Waals surface area contributed by atoms with Gasteiger partial charge < -0.3 is 8.37 Å². The van der Waals surface area contributed by atoms with E-state index in [1.807, 2.05) is 13.8 Å². The van der Waals surface area contributed by atoms with Crippen molar-refractivity contribution in [1.29, 1.82) is 0 Å². The van der Waals surface area contributed by atoms with Crippen LogP contribution in [-0.2, 0) is 28.6 Å². The van der Waals surface area contributed by atoms with Crippen molar-refractivity contribution in [3.8, 4) is 0 Å². The van der Waals surface area contributed by atoms with Crippen molar-refractivity contribution in [2.45, 2.75) is 75.5 Å². The lowest BCUT2D eigenvalue weighted by Crippen LogP contribution is -2.13. The van der Waals surface area contributed by atoms with Gasteiger partial charge >= 0.3 is 26.2 Å². The van der Waals surface area contributed by atoms with Gasteiger partial charge in [0.2, 0.25) is 0 Å². The van der Waals surface area contributed by atoms with E-state index in [0.717, 1.165) is 43.2 Å². The molecule has 0 fully saturated rings. The molecule has 8 heteroatoms. The highest BCUT2D eigenvalue weighted by Crippen LogP contribution is 2.23. The minimum atomic E-state index is -4.25. The van der Waals surface area contributed by atoms with Crippen LogP contribution >= 0.6 is 0 Å². The van der Waals surface area contributed by atoms with Crippen molar-refractivity contribution >= 4 is 20.2 Å². The van der Waals surface area contributed by atoms with Gasteiger partial charge in [0, 0.05) is 0 Å². The molecule has 0 saturated carbocycles. The zero-order valence-corrected chi connectivity index (χ0v) is 20.5. The summed E-state index contributed by atoms with van der Waals surface area (Å²) in [6, 6.07) is 12.2. The van der Waals surface area contributed by atoms with Gasteiger partial charge in [-0.15, -0.1) is 0 Å². The fraction of sp³-hybridized carbons (Fsp3) is 0.417. The van der Waals surface area contributed by atoms with Crippen molar-refractivity contribution in [3.63, 3.8) is 0 Å². The molecule has 32 heavy (non-hydrogen) atoms. The Hall–Kier alpha value is -2.32. The third kappa shape index (κ3) is 8.31. The first-order valence-corrected chi connectivity index (χ1v) is 13.7. The summed E-state index contributed by atoms with van der Waals surface area (Å²) in [4.78, 5) is -0.158. The maximum Gasteiger partial charge on any atom is 0.341 e. The molecule has 0 aliphatic heterocycles. The molecule has 2 rings (SSSR count). The lowest BCUT2D eigenvalue weighted by Gasteiger charge is -2.12. The van der Waals surface area contributed by atoms with Crippen molar-refractivity contribution in [2.75, 3.05) is 0 Å². The highest BCUT2D eigenvalue weighted by Gasteiger charge is 2.24. The first-order chi connectivity index (χ1) is 15.1. The monoisotopic (exact) mass is 480 g/mol. The van der Waals surface area contributed by atoms with Crippen LogP contribution in [0.2, 0.25) is 0 Å². The van der Waals surface area contributed by atoms with E-state index < -0.39 is 26.2 Å². The van der Waals surface area contributed by atoms with Crippen LogP contribution < -0.4 is 0 Å². The topological polar surface area (TPSA) is 86.7 Å². The third-order valence-electron chi connectivity index (χ3n) is 4.87. The van der Waals surface area contributed by atoms with Crippen LogP contribution in [-0.4, -0.2) is 16.8 Å². The molecule has 0 heterocycles. The third-order valence-corrected chi connectivity index (χ3v) is 7.34. The molecule has 6 nitrogen and oxygen atoms in total. The number of hydrogen-bond donors (Lipinski definition) is 0. The Balaban J connectivity index is 2.19. The van der Waals surface area contributed by atoms with Crippen molar-refractivity contribution in [2.24, 2.45) is 0 Å². The Morgan fingerprint density at radius 1 is 0.688 bits per heavy atom. The summed E-state index contributed by atoms with van der Waals surface area (Å²) in [6.07, 6.45) is 8.10. The molecule has 0 aliphatic rings. The average Bonchev–Trinajstić information content (AvgIpc) is 2.73. The van der Waals surface area contributed by atoms with Crippen LogP contribution in [0.5, 0.6) is 0 Å². The van der Waals surface area contributed by atoms with Crippen LogP contribution in [0, 0.1) is 13.8 Å². The number of unbranched alkanes of at least 4 members (excludes halogenated alkanes) is 6. The van der Waals surface area contributed by atoms with Gasteiger partial charge in [-0.1, -0.05) is 74.4 Å². The minimum absolute atomic E-state index is 0.0788. The zero-order valence-electron chi connectivity index (χ0n) is 18.9. The first kappa shape index (κ1) is 25.9. The summed E-state index contributed by atoms with van der Waals surface area (Å²) >= 11 is 0. The largest absolute Gasteiger partial charge is 0.342 e. The van der Waals surface area contributed by atoms with Gasteiger partial charge in [0.1, 0.15) is 9.79 Å².